The number of aryl methyl sites for hydroxylation is 1. The van der Waals surface area contributed by atoms with Crippen molar-refractivity contribution < 1.29 is 0 Å². The molecule has 1 heterocycles. The first-order valence-electron chi connectivity index (χ1n) is 4.52. The lowest BCUT2D eigenvalue weighted by atomic mass is 9.88. The van der Waals surface area contributed by atoms with E-state index in [-0.39, 0.29) is 5.41 Å². The van der Waals surface area contributed by atoms with E-state index in [0.717, 1.165) is 5.82 Å². The Labute approximate surface area is 79.3 Å². The maximum Gasteiger partial charge on any atom is 0.144 e. The zero-order chi connectivity index (χ0) is 10.1. The molecule has 1 atom stereocenters. The average Bonchev–Trinajstić information content (AvgIpc) is 2.34. The predicted octanol–water partition coefficient (Wildman–Crippen LogP) is 1.66. The van der Waals surface area contributed by atoms with E-state index in [1.54, 1.807) is 10.9 Å². The summed E-state index contributed by atoms with van der Waals surface area (Å²) in [5.41, 5.74) is 0.240. The Morgan fingerprint density at radius 3 is 2.46 bits per heavy atom. The zero-order valence-corrected chi connectivity index (χ0v) is 9.00. The number of nitrogens with zero attached hydrogens (tertiary/aromatic N) is 3. The lowest BCUT2D eigenvalue weighted by Crippen LogP contribution is -2.31. The van der Waals surface area contributed by atoms with Crippen LogP contribution >= 0.6 is 0 Å². The molecule has 4 heteroatoms. The minimum Gasteiger partial charge on any atom is -0.366 e. The summed E-state index contributed by atoms with van der Waals surface area (Å²) in [6.07, 6.45) is 1.74. The molecule has 0 amide bonds. The van der Waals surface area contributed by atoms with Gasteiger partial charge in [0.15, 0.2) is 0 Å². The number of anilines is 1. The molecule has 0 saturated carbocycles. The van der Waals surface area contributed by atoms with Gasteiger partial charge in [0.25, 0.3) is 0 Å². The third-order valence-corrected chi connectivity index (χ3v) is 2.38. The Morgan fingerprint density at radius 1 is 1.46 bits per heavy atom. The molecule has 0 aliphatic heterocycles. The van der Waals surface area contributed by atoms with E-state index in [1.807, 2.05) is 7.05 Å². The molecule has 0 spiro atoms. The van der Waals surface area contributed by atoms with Gasteiger partial charge in [0.1, 0.15) is 5.82 Å². The number of hydrogen-bond donors (Lipinski definition) is 1. The van der Waals surface area contributed by atoms with E-state index in [1.165, 1.54) is 0 Å². The van der Waals surface area contributed by atoms with Crippen molar-refractivity contribution in [2.45, 2.75) is 33.7 Å². The van der Waals surface area contributed by atoms with Gasteiger partial charge >= 0.3 is 0 Å². The lowest BCUT2D eigenvalue weighted by molar-refractivity contribution is 0.358. The largest absolute Gasteiger partial charge is 0.366 e. The normalized spacial score (nSPS) is 14.2. The molecular weight excluding hydrogens is 164 g/mol. The molecule has 4 nitrogen and oxygen atoms in total. The Kier molecular flexibility index (Phi) is 2.59. The van der Waals surface area contributed by atoms with Crippen molar-refractivity contribution in [2.24, 2.45) is 12.5 Å². The standard InChI is InChI=1S/C9H18N4/c1-7(9(2,3)4)11-8-6-10-12-13(8)5/h6-7,11H,1-5H3. The van der Waals surface area contributed by atoms with Gasteiger partial charge in [-0.25, -0.2) is 4.68 Å². The van der Waals surface area contributed by atoms with Crippen LogP contribution in [-0.4, -0.2) is 21.0 Å². The number of rotatable bonds is 2. The molecule has 74 valence electrons. The topological polar surface area (TPSA) is 42.7 Å². The van der Waals surface area contributed by atoms with Crippen molar-refractivity contribution in [1.82, 2.24) is 15.0 Å². The van der Waals surface area contributed by atoms with Gasteiger partial charge in [-0.3, -0.25) is 0 Å². The van der Waals surface area contributed by atoms with Crippen molar-refractivity contribution in [3.8, 4) is 0 Å². The Bertz CT molecular complexity index is 271. The van der Waals surface area contributed by atoms with Crippen molar-refractivity contribution in [2.75, 3.05) is 5.32 Å². The fourth-order valence-electron chi connectivity index (χ4n) is 0.859. The molecule has 1 N–H and O–H groups in total. The smallest absolute Gasteiger partial charge is 0.144 e. The van der Waals surface area contributed by atoms with Crippen LogP contribution < -0.4 is 5.32 Å². The van der Waals surface area contributed by atoms with Crippen LogP contribution in [0.3, 0.4) is 0 Å². The van der Waals surface area contributed by atoms with Crippen LogP contribution in [0.2, 0.25) is 0 Å². The van der Waals surface area contributed by atoms with Crippen LogP contribution in [0.25, 0.3) is 0 Å². The van der Waals surface area contributed by atoms with Crippen LogP contribution in [0.15, 0.2) is 6.20 Å². The first kappa shape index (κ1) is 10.0. The van der Waals surface area contributed by atoms with Crippen LogP contribution in [-0.2, 0) is 7.05 Å². The van der Waals surface area contributed by atoms with Crippen LogP contribution in [0.1, 0.15) is 27.7 Å². The summed E-state index contributed by atoms with van der Waals surface area (Å²) in [6.45, 7) is 8.77. The van der Waals surface area contributed by atoms with Crippen molar-refractivity contribution >= 4 is 5.82 Å². The monoisotopic (exact) mass is 182 g/mol. The van der Waals surface area contributed by atoms with E-state index >= 15 is 0 Å². The zero-order valence-electron chi connectivity index (χ0n) is 9.00. The van der Waals surface area contributed by atoms with E-state index < -0.39 is 0 Å². The van der Waals surface area contributed by atoms with Gasteiger partial charge in [0.2, 0.25) is 0 Å². The third-order valence-electron chi connectivity index (χ3n) is 2.38. The molecule has 0 aliphatic carbocycles. The second-order valence-electron chi connectivity index (χ2n) is 4.47. The molecule has 0 aromatic carbocycles. The summed E-state index contributed by atoms with van der Waals surface area (Å²) in [6, 6.07) is 0.393. The second kappa shape index (κ2) is 3.36. The van der Waals surface area contributed by atoms with Gasteiger partial charge in [-0.15, -0.1) is 5.10 Å². The van der Waals surface area contributed by atoms with Crippen LogP contribution in [0.5, 0.6) is 0 Å². The minimum atomic E-state index is 0.240. The summed E-state index contributed by atoms with van der Waals surface area (Å²) >= 11 is 0. The highest BCUT2D eigenvalue weighted by Crippen LogP contribution is 2.21. The van der Waals surface area contributed by atoms with Gasteiger partial charge in [-0.05, 0) is 12.3 Å². The van der Waals surface area contributed by atoms with Crippen molar-refractivity contribution in [3.05, 3.63) is 6.20 Å². The predicted molar refractivity (Wildman–Crippen MR) is 53.5 cm³/mol. The summed E-state index contributed by atoms with van der Waals surface area (Å²) in [5, 5.41) is 11.0. The van der Waals surface area contributed by atoms with Gasteiger partial charge in [0, 0.05) is 13.1 Å². The molecular formula is C9H18N4. The summed E-state index contributed by atoms with van der Waals surface area (Å²) < 4.78 is 1.74. The van der Waals surface area contributed by atoms with Crippen molar-refractivity contribution in [1.29, 1.82) is 0 Å². The van der Waals surface area contributed by atoms with Crippen LogP contribution in [0, 0.1) is 5.41 Å². The van der Waals surface area contributed by atoms with Gasteiger partial charge < -0.3 is 5.32 Å². The molecule has 0 radical (unpaired) electrons. The van der Waals surface area contributed by atoms with E-state index in [0.29, 0.717) is 6.04 Å². The summed E-state index contributed by atoms with van der Waals surface area (Å²) in [7, 11) is 1.88. The van der Waals surface area contributed by atoms with Gasteiger partial charge in [-0.1, -0.05) is 26.0 Å². The first-order chi connectivity index (χ1) is 5.91. The molecule has 13 heavy (non-hydrogen) atoms. The Hall–Kier alpha value is -1.06. The summed E-state index contributed by atoms with van der Waals surface area (Å²) in [5.74, 6) is 0.961. The maximum atomic E-state index is 3.86. The van der Waals surface area contributed by atoms with Gasteiger partial charge in [-0.2, -0.15) is 0 Å². The molecule has 1 aromatic heterocycles. The molecule has 1 aromatic rings. The average molecular weight is 182 g/mol. The quantitative estimate of drug-likeness (QED) is 0.756. The van der Waals surface area contributed by atoms with E-state index in [9.17, 15) is 0 Å². The lowest BCUT2D eigenvalue weighted by Gasteiger charge is -2.28. The highest BCUT2D eigenvalue weighted by atomic mass is 15.4. The maximum absolute atomic E-state index is 3.86. The fourth-order valence-corrected chi connectivity index (χ4v) is 0.859. The second-order valence-corrected chi connectivity index (χ2v) is 4.47. The highest BCUT2D eigenvalue weighted by molar-refractivity contribution is 5.32. The fraction of sp³-hybridized carbons (Fsp3) is 0.778. The van der Waals surface area contributed by atoms with Crippen molar-refractivity contribution in [3.63, 3.8) is 0 Å². The minimum absolute atomic E-state index is 0.240. The number of nitrogens with one attached hydrogen (secondary N) is 1. The Morgan fingerprint density at radius 2 is 2.08 bits per heavy atom. The molecule has 1 rings (SSSR count). The number of hydrogen-bond acceptors (Lipinski definition) is 3. The van der Waals surface area contributed by atoms with E-state index in [2.05, 4.69) is 43.3 Å². The summed E-state index contributed by atoms with van der Waals surface area (Å²) in [4.78, 5) is 0. The SMILES string of the molecule is CC(Nc1cnnn1C)C(C)(C)C. The Balaban J connectivity index is 2.65. The van der Waals surface area contributed by atoms with E-state index in [4.69, 9.17) is 0 Å². The molecule has 0 aliphatic rings. The molecule has 0 bridgehead atoms. The molecule has 1 unspecified atom stereocenters. The first-order valence-corrected chi connectivity index (χ1v) is 4.52. The number of aromatic nitrogens is 3. The van der Waals surface area contributed by atoms with Gasteiger partial charge in [0.05, 0.1) is 6.20 Å². The highest BCUT2D eigenvalue weighted by Gasteiger charge is 2.20. The van der Waals surface area contributed by atoms with Crippen LogP contribution in [0.4, 0.5) is 5.82 Å². The molecule has 0 fully saturated rings. The third kappa shape index (κ3) is 2.44. The molecule has 0 saturated heterocycles.